The molecular weight excluding hydrogens is 398 g/mol. The van der Waals surface area contributed by atoms with Gasteiger partial charge in [-0.15, -0.1) is 0 Å². The summed E-state index contributed by atoms with van der Waals surface area (Å²) >= 11 is 1.30. The topological polar surface area (TPSA) is 64.4 Å². The average molecular weight is 426 g/mol. The molecule has 0 radical (unpaired) electrons. The zero-order chi connectivity index (χ0) is 21.5. The Bertz CT molecular complexity index is 1060. The molecule has 0 saturated carbocycles. The third kappa shape index (κ3) is 4.84. The van der Waals surface area contributed by atoms with Gasteiger partial charge in [-0.3, -0.25) is 14.2 Å². The highest BCUT2D eigenvalue weighted by atomic mass is 32.2. The number of hydrogen-bond acceptors (Lipinski definition) is 5. The van der Waals surface area contributed by atoms with Crippen LogP contribution in [0, 0.1) is 0 Å². The van der Waals surface area contributed by atoms with E-state index in [4.69, 9.17) is 9.72 Å². The van der Waals surface area contributed by atoms with Crippen LogP contribution in [-0.4, -0.2) is 46.3 Å². The van der Waals surface area contributed by atoms with Crippen LogP contribution in [0.2, 0.25) is 0 Å². The average Bonchev–Trinajstić information content (AvgIpc) is 2.77. The molecule has 0 saturated heterocycles. The number of nitrogens with zero attached hydrogens (tertiary/aromatic N) is 3. The van der Waals surface area contributed by atoms with E-state index in [1.807, 2.05) is 35.2 Å². The van der Waals surface area contributed by atoms with Crippen LogP contribution in [0.4, 0.5) is 0 Å². The van der Waals surface area contributed by atoms with E-state index in [1.165, 1.54) is 11.8 Å². The molecule has 2 aromatic carbocycles. The summed E-state index contributed by atoms with van der Waals surface area (Å²) in [6, 6.07) is 14.5. The molecule has 1 amide bonds. The lowest BCUT2D eigenvalue weighted by atomic mass is 10.2. The van der Waals surface area contributed by atoms with Gasteiger partial charge in [-0.2, -0.15) is 0 Å². The van der Waals surface area contributed by atoms with Crippen LogP contribution in [0.1, 0.15) is 26.7 Å². The molecule has 0 aliphatic carbocycles. The second kappa shape index (κ2) is 10.3. The maximum absolute atomic E-state index is 13.3. The number of fused-ring (bicyclic) bond motifs is 1. The number of aromatic nitrogens is 2. The summed E-state index contributed by atoms with van der Waals surface area (Å²) in [7, 11) is 1.60. The molecule has 6 nitrogen and oxygen atoms in total. The smallest absolute Gasteiger partial charge is 0.266 e. The molecule has 0 aliphatic heterocycles. The second-order valence-corrected chi connectivity index (χ2v) is 7.86. The number of para-hydroxylation sites is 1. The van der Waals surface area contributed by atoms with E-state index in [0.29, 0.717) is 27.5 Å². The predicted octanol–water partition coefficient (Wildman–Crippen LogP) is 4.14. The fourth-order valence-corrected chi connectivity index (χ4v) is 4.20. The molecule has 0 fully saturated rings. The molecule has 0 spiro atoms. The van der Waals surface area contributed by atoms with Crippen molar-refractivity contribution in [3.05, 3.63) is 58.9 Å². The van der Waals surface area contributed by atoms with Gasteiger partial charge in [-0.25, -0.2) is 4.98 Å². The van der Waals surface area contributed by atoms with Gasteiger partial charge in [0.25, 0.3) is 5.56 Å². The highest BCUT2D eigenvalue weighted by molar-refractivity contribution is 7.99. The van der Waals surface area contributed by atoms with Crippen LogP contribution in [0.25, 0.3) is 16.6 Å². The van der Waals surface area contributed by atoms with Gasteiger partial charge >= 0.3 is 0 Å². The van der Waals surface area contributed by atoms with E-state index in [2.05, 4.69) is 13.8 Å². The van der Waals surface area contributed by atoms with E-state index < -0.39 is 0 Å². The van der Waals surface area contributed by atoms with E-state index in [9.17, 15) is 9.59 Å². The lowest BCUT2D eigenvalue weighted by Gasteiger charge is -2.21. The largest absolute Gasteiger partial charge is 0.497 e. The highest BCUT2D eigenvalue weighted by Crippen LogP contribution is 2.23. The maximum Gasteiger partial charge on any atom is 0.266 e. The Morgan fingerprint density at radius 3 is 2.37 bits per heavy atom. The van der Waals surface area contributed by atoms with Crippen molar-refractivity contribution in [2.24, 2.45) is 0 Å². The van der Waals surface area contributed by atoms with Gasteiger partial charge in [0.1, 0.15) is 5.75 Å². The molecule has 158 valence electrons. The van der Waals surface area contributed by atoms with E-state index in [0.717, 1.165) is 25.9 Å². The monoisotopic (exact) mass is 425 g/mol. The van der Waals surface area contributed by atoms with Crippen molar-refractivity contribution in [3.8, 4) is 11.4 Å². The van der Waals surface area contributed by atoms with E-state index >= 15 is 0 Å². The minimum absolute atomic E-state index is 0.0624. The van der Waals surface area contributed by atoms with Crippen LogP contribution in [-0.2, 0) is 4.79 Å². The number of hydrogen-bond donors (Lipinski definition) is 0. The van der Waals surface area contributed by atoms with Crippen LogP contribution >= 0.6 is 11.8 Å². The lowest BCUT2D eigenvalue weighted by molar-refractivity contribution is -0.128. The molecule has 0 atom stereocenters. The highest BCUT2D eigenvalue weighted by Gasteiger charge is 2.17. The summed E-state index contributed by atoms with van der Waals surface area (Å²) in [6.07, 6.45) is 1.84. The first-order chi connectivity index (χ1) is 14.6. The minimum Gasteiger partial charge on any atom is -0.497 e. The first-order valence-corrected chi connectivity index (χ1v) is 11.1. The summed E-state index contributed by atoms with van der Waals surface area (Å²) in [4.78, 5) is 32.6. The number of carbonyl (C=O) groups excluding carboxylic acids is 1. The van der Waals surface area contributed by atoms with Gasteiger partial charge in [0, 0.05) is 13.1 Å². The Labute approximate surface area is 180 Å². The zero-order valence-electron chi connectivity index (χ0n) is 17.6. The third-order valence-corrected chi connectivity index (χ3v) is 5.66. The van der Waals surface area contributed by atoms with Crippen LogP contribution in [0.3, 0.4) is 0 Å². The molecule has 0 aliphatic rings. The van der Waals surface area contributed by atoms with Crippen LogP contribution < -0.4 is 10.3 Å². The van der Waals surface area contributed by atoms with Crippen LogP contribution in [0.5, 0.6) is 5.75 Å². The minimum atomic E-state index is -0.153. The maximum atomic E-state index is 13.3. The number of amides is 1. The Balaban J connectivity index is 1.99. The third-order valence-electron chi connectivity index (χ3n) is 4.74. The first kappa shape index (κ1) is 21.9. The Hall–Kier alpha value is -2.80. The standard InChI is InChI=1S/C23H27N3O3S/c1-4-14-25(15-5-2)21(27)16-30-23-24-20-9-7-6-8-19(20)22(28)26(23)17-10-12-18(29-3)13-11-17/h6-13H,4-5,14-16H2,1-3H3. The number of methoxy groups -OCH3 is 1. The normalized spacial score (nSPS) is 10.9. The Morgan fingerprint density at radius 2 is 1.73 bits per heavy atom. The van der Waals surface area contributed by atoms with Crippen molar-refractivity contribution in [2.75, 3.05) is 26.0 Å². The molecule has 3 rings (SSSR count). The molecule has 1 heterocycles. The summed E-state index contributed by atoms with van der Waals surface area (Å²) in [6.45, 7) is 5.61. The number of rotatable bonds is 9. The summed E-state index contributed by atoms with van der Waals surface area (Å²) in [5, 5.41) is 1.05. The molecular formula is C23H27N3O3S. The van der Waals surface area contributed by atoms with Crippen molar-refractivity contribution in [1.29, 1.82) is 0 Å². The van der Waals surface area contributed by atoms with Gasteiger partial charge < -0.3 is 9.64 Å². The molecule has 3 aromatic rings. The number of thioether (sulfide) groups is 1. The Morgan fingerprint density at radius 1 is 1.07 bits per heavy atom. The molecule has 0 bridgehead atoms. The fraction of sp³-hybridized carbons (Fsp3) is 0.348. The van der Waals surface area contributed by atoms with Gasteiger partial charge in [-0.05, 0) is 49.2 Å². The molecule has 7 heteroatoms. The van der Waals surface area contributed by atoms with Gasteiger partial charge in [0.15, 0.2) is 5.16 Å². The second-order valence-electron chi connectivity index (χ2n) is 6.92. The first-order valence-electron chi connectivity index (χ1n) is 10.2. The van der Waals surface area contributed by atoms with Gasteiger partial charge in [-0.1, -0.05) is 37.7 Å². The van der Waals surface area contributed by atoms with Gasteiger partial charge in [0.05, 0.1) is 29.5 Å². The fourth-order valence-electron chi connectivity index (χ4n) is 3.29. The summed E-state index contributed by atoms with van der Waals surface area (Å²) in [5.74, 6) is 1.01. The van der Waals surface area contributed by atoms with Crippen molar-refractivity contribution in [1.82, 2.24) is 14.5 Å². The summed E-state index contributed by atoms with van der Waals surface area (Å²) in [5.41, 5.74) is 1.16. The number of ether oxygens (including phenoxy) is 1. The molecule has 0 N–H and O–H groups in total. The van der Waals surface area contributed by atoms with Crippen molar-refractivity contribution in [2.45, 2.75) is 31.8 Å². The predicted molar refractivity (Wildman–Crippen MR) is 122 cm³/mol. The number of carbonyl (C=O) groups is 1. The van der Waals surface area contributed by atoms with Crippen molar-refractivity contribution >= 4 is 28.6 Å². The number of benzene rings is 2. The Kier molecular flexibility index (Phi) is 7.52. The van der Waals surface area contributed by atoms with Crippen LogP contribution in [0.15, 0.2) is 58.5 Å². The zero-order valence-corrected chi connectivity index (χ0v) is 18.4. The van der Waals surface area contributed by atoms with Crippen molar-refractivity contribution in [3.63, 3.8) is 0 Å². The van der Waals surface area contributed by atoms with E-state index in [1.54, 1.807) is 29.9 Å². The molecule has 0 unspecified atom stereocenters. The van der Waals surface area contributed by atoms with Gasteiger partial charge in [0.2, 0.25) is 5.91 Å². The van der Waals surface area contributed by atoms with Crippen molar-refractivity contribution < 1.29 is 9.53 Å². The van der Waals surface area contributed by atoms with E-state index in [-0.39, 0.29) is 17.2 Å². The molecule has 30 heavy (non-hydrogen) atoms. The molecule has 1 aromatic heterocycles. The quantitative estimate of drug-likeness (QED) is 0.381. The lowest BCUT2D eigenvalue weighted by Crippen LogP contribution is -2.34. The summed E-state index contributed by atoms with van der Waals surface area (Å²) < 4.78 is 6.80. The SMILES string of the molecule is CCCN(CCC)C(=O)CSc1nc2ccccc2c(=O)n1-c1ccc(OC)cc1.